The molecule has 0 aliphatic rings. The zero-order chi connectivity index (χ0) is 15.6. The Morgan fingerprint density at radius 2 is 1.55 bits per heavy atom. The molecule has 2 atom stereocenters. The first kappa shape index (κ1) is 15.1. The number of hydrogen-bond donors (Lipinski definition) is 1. The molecule has 2 unspecified atom stereocenters. The Morgan fingerprint density at radius 1 is 0.909 bits per heavy atom. The van der Waals surface area contributed by atoms with Crippen molar-refractivity contribution in [2.45, 2.75) is 17.7 Å². The molecule has 0 aliphatic heterocycles. The van der Waals surface area contributed by atoms with Gasteiger partial charge in [0.2, 0.25) is 0 Å². The lowest BCUT2D eigenvalue weighted by Crippen LogP contribution is -2.30. The molecule has 0 saturated carbocycles. The standard InChI is InChI=1S/C20H20ClN/c1-20(21,18-9-3-2-4-10-18)19(14-22)17-12-11-15-7-5-6-8-16(15)13-17/h2-13,19H,14,22H2,1H3. The fourth-order valence-electron chi connectivity index (χ4n) is 3.06. The highest BCUT2D eigenvalue weighted by molar-refractivity contribution is 6.24. The van der Waals surface area contributed by atoms with E-state index in [2.05, 4.69) is 61.5 Å². The Morgan fingerprint density at radius 3 is 2.23 bits per heavy atom. The van der Waals surface area contributed by atoms with Gasteiger partial charge in [0.1, 0.15) is 0 Å². The van der Waals surface area contributed by atoms with Crippen molar-refractivity contribution < 1.29 is 0 Å². The van der Waals surface area contributed by atoms with E-state index in [4.69, 9.17) is 17.3 Å². The summed E-state index contributed by atoms with van der Waals surface area (Å²) in [5.41, 5.74) is 8.37. The van der Waals surface area contributed by atoms with E-state index in [1.807, 2.05) is 18.2 Å². The first-order chi connectivity index (χ1) is 10.6. The van der Waals surface area contributed by atoms with Crippen LogP contribution in [0.3, 0.4) is 0 Å². The summed E-state index contributed by atoms with van der Waals surface area (Å²) < 4.78 is 0. The van der Waals surface area contributed by atoms with Crippen LogP contribution in [-0.4, -0.2) is 6.54 Å². The smallest absolute Gasteiger partial charge is 0.0747 e. The molecule has 0 aromatic heterocycles. The summed E-state index contributed by atoms with van der Waals surface area (Å²) in [7, 11) is 0. The van der Waals surface area contributed by atoms with E-state index >= 15 is 0 Å². The van der Waals surface area contributed by atoms with Gasteiger partial charge in [-0.15, -0.1) is 11.6 Å². The number of fused-ring (bicyclic) bond motifs is 1. The van der Waals surface area contributed by atoms with Gasteiger partial charge >= 0.3 is 0 Å². The van der Waals surface area contributed by atoms with Crippen LogP contribution in [0.5, 0.6) is 0 Å². The van der Waals surface area contributed by atoms with Crippen LogP contribution in [0.15, 0.2) is 72.8 Å². The van der Waals surface area contributed by atoms with Gasteiger partial charge < -0.3 is 5.73 Å². The fourth-order valence-corrected chi connectivity index (χ4v) is 3.40. The van der Waals surface area contributed by atoms with Crippen LogP contribution in [-0.2, 0) is 4.87 Å². The van der Waals surface area contributed by atoms with Crippen LogP contribution < -0.4 is 5.73 Å². The summed E-state index contributed by atoms with van der Waals surface area (Å²) >= 11 is 6.93. The maximum Gasteiger partial charge on any atom is 0.0747 e. The minimum absolute atomic E-state index is 0.0566. The van der Waals surface area contributed by atoms with Gasteiger partial charge in [0.25, 0.3) is 0 Å². The Balaban J connectivity index is 2.05. The average molecular weight is 310 g/mol. The van der Waals surface area contributed by atoms with Crippen LogP contribution in [0.25, 0.3) is 10.8 Å². The molecule has 2 heteroatoms. The predicted octanol–water partition coefficient (Wildman–Crippen LogP) is 5.04. The van der Waals surface area contributed by atoms with Crippen molar-refractivity contribution in [3.05, 3.63) is 83.9 Å². The third-order valence-corrected chi connectivity index (χ3v) is 4.89. The van der Waals surface area contributed by atoms with Gasteiger partial charge in [-0.1, -0.05) is 72.8 Å². The molecule has 3 aromatic carbocycles. The maximum absolute atomic E-state index is 6.93. The van der Waals surface area contributed by atoms with Gasteiger partial charge in [0, 0.05) is 12.5 Å². The summed E-state index contributed by atoms with van der Waals surface area (Å²) in [6.45, 7) is 2.56. The van der Waals surface area contributed by atoms with E-state index in [-0.39, 0.29) is 5.92 Å². The molecule has 0 heterocycles. The molecule has 0 radical (unpaired) electrons. The van der Waals surface area contributed by atoms with Gasteiger partial charge in [-0.05, 0) is 28.8 Å². The average Bonchev–Trinajstić information content (AvgIpc) is 2.56. The highest BCUT2D eigenvalue weighted by atomic mass is 35.5. The number of halogens is 1. The fraction of sp³-hybridized carbons (Fsp3) is 0.200. The van der Waals surface area contributed by atoms with Gasteiger partial charge in [-0.2, -0.15) is 0 Å². The second-order valence-electron chi connectivity index (χ2n) is 5.84. The van der Waals surface area contributed by atoms with Crippen molar-refractivity contribution in [2.24, 2.45) is 5.73 Å². The Kier molecular flexibility index (Phi) is 4.19. The third kappa shape index (κ3) is 2.75. The number of nitrogens with two attached hydrogens (primary N) is 1. The molecule has 0 spiro atoms. The van der Waals surface area contributed by atoms with Crippen molar-refractivity contribution in [1.29, 1.82) is 0 Å². The summed E-state index contributed by atoms with van der Waals surface area (Å²) in [5, 5.41) is 2.46. The molecular formula is C20H20ClN. The van der Waals surface area contributed by atoms with E-state index in [0.717, 1.165) is 5.56 Å². The molecule has 0 amide bonds. The maximum atomic E-state index is 6.93. The summed E-state index contributed by atoms with van der Waals surface area (Å²) in [6.07, 6.45) is 0. The quantitative estimate of drug-likeness (QED) is 0.672. The highest BCUT2D eigenvalue weighted by Crippen LogP contribution is 2.42. The van der Waals surface area contributed by atoms with Gasteiger partial charge in [-0.25, -0.2) is 0 Å². The number of rotatable bonds is 4. The zero-order valence-corrected chi connectivity index (χ0v) is 13.4. The molecule has 0 bridgehead atoms. The first-order valence-corrected chi connectivity index (χ1v) is 7.94. The van der Waals surface area contributed by atoms with Crippen LogP contribution in [0, 0.1) is 0 Å². The largest absolute Gasteiger partial charge is 0.330 e. The molecule has 1 nitrogen and oxygen atoms in total. The van der Waals surface area contributed by atoms with Crippen LogP contribution in [0.1, 0.15) is 24.0 Å². The highest BCUT2D eigenvalue weighted by Gasteiger charge is 2.34. The minimum Gasteiger partial charge on any atom is -0.330 e. The second-order valence-corrected chi connectivity index (χ2v) is 6.62. The summed E-state index contributed by atoms with van der Waals surface area (Å²) in [6, 6.07) is 25.0. The van der Waals surface area contributed by atoms with Crippen molar-refractivity contribution in [3.8, 4) is 0 Å². The molecule has 0 saturated heterocycles. The van der Waals surface area contributed by atoms with E-state index in [9.17, 15) is 0 Å². The van der Waals surface area contributed by atoms with Gasteiger partial charge in [0.15, 0.2) is 0 Å². The lowest BCUT2D eigenvalue weighted by Gasteiger charge is -2.32. The van der Waals surface area contributed by atoms with Crippen LogP contribution >= 0.6 is 11.6 Å². The third-order valence-electron chi connectivity index (χ3n) is 4.40. The number of benzene rings is 3. The zero-order valence-electron chi connectivity index (χ0n) is 12.7. The van der Waals surface area contributed by atoms with Crippen molar-refractivity contribution in [2.75, 3.05) is 6.54 Å². The molecule has 3 rings (SSSR count). The molecule has 0 aliphatic carbocycles. The van der Waals surface area contributed by atoms with E-state index in [1.54, 1.807) is 0 Å². The van der Waals surface area contributed by atoms with Gasteiger partial charge in [-0.3, -0.25) is 0 Å². The molecular weight excluding hydrogens is 290 g/mol. The topological polar surface area (TPSA) is 26.0 Å². The van der Waals surface area contributed by atoms with E-state index in [0.29, 0.717) is 6.54 Å². The van der Waals surface area contributed by atoms with Crippen molar-refractivity contribution in [1.82, 2.24) is 0 Å². The molecule has 2 N–H and O–H groups in total. The Bertz CT molecular complexity index is 765. The number of hydrogen-bond acceptors (Lipinski definition) is 1. The minimum atomic E-state index is -0.529. The van der Waals surface area contributed by atoms with Crippen LogP contribution in [0.4, 0.5) is 0 Å². The second kappa shape index (κ2) is 6.12. The first-order valence-electron chi connectivity index (χ1n) is 7.56. The van der Waals surface area contributed by atoms with Crippen molar-refractivity contribution in [3.63, 3.8) is 0 Å². The molecule has 112 valence electrons. The lowest BCUT2D eigenvalue weighted by atomic mass is 9.81. The SMILES string of the molecule is CC(Cl)(c1ccccc1)C(CN)c1ccc2ccccc2c1. The van der Waals surface area contributed by atoms with Crippen LogP contribution in [0.2, 0.25) is 0 Å². The number of alkyl halides is 1. The summed E-state index contributed by atoms with van der Waals surface area (Å²) in [5.74, 6) is 0.0566. The molecule has 3 aromatic rings. The normalized spacial score (nSPS) is 15.4. The Hall–Kier alpha value is -1.83. The van der Waals surface area contributed by atoms with E-state index < -0.39 is 4.87 Å². The molecule has 22 heavy (non-hydrogen) atoms. The van der Waals surface area contributed by atoms with E-state index in [1.165, 1.54) is 16.3 Å². The lowest BCUT2D eigenvalue weighted by molar-refractivity contribution is 0.525. The van der Waals surface area contributed by atoms with Crippen molar-refractivity contribution >= 4 is 22.4 Å². The molecule has 0 fully saturated rings. The summed E-state index contributed by atoms with van der Waals surface area (Å²) in [4.78, 5) is -0.529. The Labute approximate surface area is 136 Å². The van der Waals surface area contributed by atoms with Gasteiger partial charge in [0.05, 0.1) is 4.87 Å². The monoisotopic (exact) mass is 309 g/mol. The predicted molar refractivity (Wildman–Crippen MR) is 95.4 cm³/mol.